The van der Waals surface area contributed by atoms with Gasteiger partial charge in [-0.25, -0.2) is 0 Å². The van der Waals surface area contributed by atoms with E-state index in [9.17, 15) is 10.2 Å². The van der Waals surface area contributed by atoms with Crippen LogP contribution in [-0.2, 0) is 6.42 Å². The van der Waals surface area contributed by atoms with Gasteiger partial charge in [0, 0.05) is 11.4 Å². The number of fused-ring (bicyclic) bond motifs is 1. The van der Waals surface area contributed by atoms with Crippen LogP contribution in [0.3, 0.4) is 0 Å². The highest BCUT2D eigenvalue weighted by Gasteiger charge is 2.07. The molecule has 0 saturated heterocycles. The van der Waals surface area contributed by atoms with Crippen molar-refractivity contribution in [3.8, 4) is 11.5 Å². The monoisotopic (exact) mass is 246 g/mol. The number of hydrogen-bond acceptors (Lipinski definition) is 4. The number of benzene rings is 1. The molecule has 4 nitrogen and oxygen atoms in total. The molecule has 2 aromatic rings. The number of aromatic nitrogens is 1. The maximum absolute atomic E-state index is 9.79. The number of hydrogen-bond donors (Lipinski definition) is 3. The molecule has 0 radical (unpaired) electrons. The average molecular weight is 246 g/mol. The lowest BCUT2D eigenvalue weighted by molar-refractivity contribution is 0.406. The van der Waals surface area contributed by atoms with Gasteiger partial charge in [0.05, 0.1) is 11.7 Å². The van der Waals surface area contributed by atoms with Gasteiger partial charge >= 0.3 is 0 Å². The van der Waals surface area contributed by atoms with Crippen LogP contribution in [0, 0.1) is 0 Å². The summed E-state index contributed by atoms with van der Waals surface area (Å²) < 4.78 is 0. The van der Waals surface area contributed by atoms with Crippen molar-refractivity contribution >= 4 is 10.9 Å². The lowest BCUT2D eigenvalue weighted by Gasteiger charge is -2.09. The summed E-state index contributed by atoms with van der Waals surface area (Å²) in [6, 6.07) is 6.19. The van der Waals surface area contributed by atoms with Crippen molar-refractivity contribution in [2.24, 2.45) is 0 Å². The Balaban J connectivity index is 2.23. The Morgan fingerprint density at radius 3 is 2.78 bits per heavy atom. The van der Waals surface area contributed by atoms with E-state index >= 15 is 0 Å². The number of nitrogens with zero attached hydrogens (tertiary/aromatic N) is 1. The van der Waals surface area contributed by atoms with Gasteiger partial charge in [0.2, 0.25) is 0 Å². The van der Waals surface area contributed by atoms with Gasteiger partial charge in [0.25, 0.3) is 0 Å². The van der Waals surface area contributed by atoms with Crippen LogP contribution < -0.4 is 5.32 Å². The molecule has 0 saturated carbocycles. The molecule has 0 amide bonds. The summed E-state index contributed by atoms with van der Waals surface area (Å²) in [6.45, 7) is 5.10. The molecule has 96 valence electrons. The predicted molar refractivity (Wildman–Crippen MR) is 71.9 cm³/mol. The van der Waals surface area contributed by atoms with Gasteiger partial charge in [-0.2, -0.15) is 0 Å². The van der Waals surface area contributed by atoms with E-state index in [1.807, 2.05) is 18.2 Å². The molecule has 0 aliphatic heterocycles. The minimum Gasteiger partial charge on any atom is -0.504 e. The van der Waals surface area contributed by atoms with E-state index in [2.05, 4.69) is 24.1 Å². The molecule has 3 N–H and O–H groups in total. The molecule has 1 aromatic heterocycles. The number of pyridine rings is 1. The Labute approximate surface area is 106 Å². The largest absolute Gasteiger partial charge is 0.504 e. The lowest BCUT2D eigenvalue weighted by Crippen LogP contribution is -2.24. The molecule has 0 spiro atoms. The van der Waals surface area contributed by atoms with Crippen LogP contribution >= 0.6 is 0 Å². The molecule has 18 heavy (non-hydrogen) atoms. The van der Waals surface area contributed by atoms with Crippen LogP contribution in [0.4, 0.5) is 0 Å². The molecule has 2 rings (SSSR count). The fraction of sp³-hybridized carbons (Fsp3) is 0.357. The highest BCUT2D eigenvalue weighted by molar-refractivity contribution is 5.87. The first-order valence-electron chi connectivity index (χ1n) is 6.11. The fourth-order valence-electron chi connectivity index (χ4n) is 1.88. The van der Waals surface area contributed by atoms with Gasteiger partial charge in [-0.1, -0.05) is 19.9 Å². The summed E-state index contributed by atoms with van der Waals surface area (Å²) in [7, 11) is 0. The zero-order chi connectivity index (χ0) is 13.1. The van der Waals surface area contributed by atoms with E-state index in [0.29, 0.717) is 16.9 Å². The zero-order valence-electron chi connectivity index (χ0n) is 10.6. The van der Waals surface area contributed by atoms with Gasteiger partial charge in [-0.05, 0) is 30.7 Å². The molecule has 0 atom stereocenters. The van der Waals surface area contributed by atoms with Crippen LogP contribution in [0.2, 0.25) is 0 Å². The average Bonchev–Trinajstić information content (AvgIpc) is 2.34. The number of rotatable bonds is 4. The smallest absolute Gasteiger partial charge is 0.176 e. The van der Waals surface area contributed by atoms with E-state index in [1.54, 1.807) is 0 Å². The molecule has 0 bridgehead atoms. The van der Waals surface area contributed by atoms with E-state index in [0.717, 1.165) is 18.5 Å². The van der Waals surface area contributed by atoms with Gasteiger partial charge in [-0.15, -0.1) is 0 Å². The van der Waals surface area contributed by atoms with Crippen LogP contribution in [-0.4, -0.2) is 27.8 Å². The van der Waals surface area contributed by atoms with Gasteiger partial charge in [0.15, 0.2) is 11.5 Å². The highest BCUT2D eigenvalue weighted by Crippen LogP contribution is 2.32. The molecule has 0 unspecified atom stereocenters. The third kappa shape index (κ3) is 2.71. The van der Waals surface area contributed by atoms with E-state index in [-0.39, 0.29) is 11.5 Å². The van der Waals surface area contributed by atoms with Crippen molar-refractivity contribution in [1.29, 1.82) is 0 Å². The number of aromatic hydroxyl groups is 2. The second kappa shape index (κ2) is 5.23. The fourth-order valence-corrected chi connectivity index (χ4v) is 1.88. The van der Waals surface area contributed by atoms with Crippen molar-refractivity contribution in [3.63, 3.8) is 0 Å². The van der Waals surface area contributed by atoms with E-state index in [1.165, 1.54) is 6.20 Å². The summed E-state index contributed by atoms with van der Waals surface area (Å²) in [5, 5.41) is 23.2. The summed E-state index contributed by atoms with van der Waals surface area (Å²) in [6.07, 6.45) is 2.14. The Bertz CT molecular complexity index is 553. The van der Waals surface area contributed by atoms with Crippen LogP contribution in [0.1, 0.15) is 19.4 Å². The first kappa shape index (κ1) is 12.6. The lowest BCUT2D eigenvalue weighted by atomic mass is 10.1. The second-order valence-corrected chi connectivity index (χ2v) is 4.70. The van der Waals surface area contributed by atoms with Crippen molar-refractivity contribution in [1.82, 2.24) is 10.3 Å². The van der Waals surface area contributed by atoms with Crippen molar-refractivity contribution in [3.05, 3.63) is 30.0 Å². The maximum atomic E-state index is 9.79. The molecule has 4 heteroatoms. The Hall–Kier alpha value is -1.81. The zero-order valence-corrected chi connectivity index (χ0v) is 10.6. The van der Waals surface area contributed by atoms with Gasteiger partial charge < -0.3 is 15.5 Å². The van der Waals surface area contributed by atoms with E-state index < -0.39 is 0 Å². The molecule has 0 fully saturated rings. The Kier molecular flexibility index (Phi) is 3.67. The Morgan fingerprint density at radius 1 is 1.28 bits per heavy atom. The first-order chi connectivity index (χ1) is 8.58. The van der Waals surface area contributed by atoms with Crippen LogP contribution in [0.25, 0.3) is 10.9 Å². The summed E-state index contributed by atoms with van der Waals surface area (Å²) in [5.74, 6) is -0.279. The minimum absolute atomic E-state index is 0.0985. The third-order valence-corrected chi connectivity index (χ3v) is 2.85. The van der Waals surface area contributed by atoms with Crippen molar-refractivity contribution < 1.29 is 10.2 Å². The standard InChI is InChI=1S/C14H18N2O2/c1-9(2)15-6-5-10-3-4-12-11(7-10)14(18)13(17)8-16-12/h3-4,7-9,15,17H,5-6H2,1-2H3,(H,16,18). The molecule has 0 aliphatic rings. The molecule has 0 aliphatic carbocycles. The Morgan fingerprint density at radius 2 is 2.06 bits per heavy atom. The van der Waals surface area contributed by atoms with Crippen LogP contribution in [0.5, 0.6) is 11.5 Å². The third-order valence-electron chi connectivity index (χ3n) is 2.85. The normalized spacial score (nSPS) is 11.3. The molecule has 1 aromatic carbocycles. The second-order valence-electron chi connectivity index (χ2n) is 4.70. The molecule has 1 heterocycles. The highest BCUT2D eigenvalue weighted by atomic mass is 16.3. The van der Waals surface area contributed by atoms with Crippen LogP contribution in [0.15, 0.2) is 24.4 Å². The minimum atomic E-state index is -0.181. The molecular weight excluding hydrogens is 228 g/mol. The summed E-state index contributed by atoms with van der Waals surface area (Å²) >= 11 is 0. The van der Waals surface area contributed by atoms with Gasteiger partial charge in [0.1, 0.15) is 0 Å². The van der Waals surface area contributed by atoms with Crippen molar-refractivity contribution in [2.75, 3.05) is 6.54 Å². The summed E-state index contributed by atoms with van der Waals surface area (Å²) in [5.41, 5.74) is 1.80. The molecular formula is C14H18N2O2. The number of nitrogens with one attached hydrogen (secondary N) is 1. The maximum Gasteiger partial charge on any atom is 0.176 e. The summed E-state index contributed by atoms with van der Waals surface area (Å²) in [4.78, 5) is 4.07. The van der Waals surface area contributed by atoms with E-state index in [4.69, 9.17) is 0 Å². The SMILES string of the molecule is CC(C)NCCc1ccc2ncc(O)c(O)c2c1. The predicted octanol–water partition coefficient (Wildman–Crippen LogP) is 2.19. The van der Waals surface area contributed by atoms with Gasteiger partial charge in [-0.3, -0.25) is 4.98 Å². The first-order valence-corrected chi connectivity index (χ1v) is 6.11. The quantitative estimate of drug-likeness (QED) is 0.773. The topological polar surface area (TPSA) is 65.4 Å². The van der Waals surface area contributed by atoms with Crippen molar-refractivity contribution in [2.45, 2.75) is 26.3 Å².